The van der Waals surface area contributed by atoms with Crippen molar-refractivity contribution in [1.82, 2.24) is 9.88 Å². The Morgan fingerprint density at radius 3 is 2.50 bits per heavy atom. The van der Waals surface area contributed by atoms with Crippen LogP contribution >= 0.6 is 0 Å². The monoisotopic (exact) mass is 424 g/mol. The van der Waals surface area contributed by atoms with Crippen molar-refractivity contribution >= 4 is 11.8 Å². The minimum absolute atomic E-state index is 0.0555. The second-order valence-electron chi connectivity index (χ2n) is 6.80. The summed E-state index contributed by atoms with van der Waals surface area (Å²) in [5.74, 6) is -0.517. The van der Waals surface area contributed by atoms with Gasteiger partial charge in [-0.1, -0.05) is 6.07 Å². The molecule has 0 bridgehead atoms. The van der Waals surface area contributed by atoms with E-state index in [1.165, 1.54) is 13.2 Å². The van der Waals surface area contributed by atoms with E-state index < -0.39 is 12.6 Å². The molecule has 0 unspecified atom stereocenters. The summed E-state index contributed by atoms with van der Waals surface area (Å²) in [7, 11) is 3.13. The molecule has 1 N–H and O–H groups in total. The number of aryl methyl sites for hydroxylation is 1. The molecule has 0 aliphatic heterocycles. The summed E-state index contributed by atoms with van der Waals surface area (Å²) in [6.45, 7) is 2.92. The number of methoxy groups -OCH3 is 1. The van der Waals surface area contributed by atoms with Crippen LogP contribution in [0.1, 0.15) is 44.6 Å². The number of halogens is 2. The Morgan fingerprint density at radius 2 is 1.90 bits per heavy atom. The molecule has 2 aromatic rings. The van der Waals surface area contributed by atoms with E-state index in [9.17, 15) is 18.4 Å². The number of hydrogen-bond acceptors (Lipinski definition) is 6. The van der Waals surface area contributed by atoms with Crippen molar-refractivity contribution in [2.24, 2.45) is 0 Å². The molecular weight excluding hydrogens is 398 g/mol. The second kappa shape index (κ2) is 10.2. The zero-order valence-electron chi connectivity index (χ0n) is 17.7. The average molecular weight is 424 g/mol. The van der Waals surface area contributed by atoms with Gasteiger partial charge in [-0.25, -0.2) is 4.79 Å². The fourth-order valence-electron chi connectivity index (χ4n) is 3.27. The number of benzene rings is 1. The van der Waals surface area contributed by atoms with Crippen LogP contribution in [0.15, 0.2) is 18.2 Å². The van der Waals surface area contributed by atoms with E-state index in [4.69, 9.17) is 9.47 Å². The smallest absolute Gasteiger partial charge is 0.387 e. The van der Waals surface area contributed by atoms with Crippen molar-refractivity contribution in [3.63, 3.8) is 0 Å². The normalized spacial score (nSPS) is 11.1. The Kier molecular flexibility index (Phi) is 7.93. The number of ether oxygens (including phenoxy) is 3. The number of esters is 1. The van der Waals surface area contributed by atoms with E-state index in [1.807, 2.05) is 0 Å². The molecule has 0 saturated carbocycles. The Hall–Kier alpha value is -2.94. The lowest BCUT2D eigenvalue weighted by atomic mass is 10.0. The highest BCUT2D eigenvalue weighted by atomic mass is 19.3. The maximum absolute atomic E-state index is 12.8. The first-order valence-electron chi connectivity index (χ1n) is 9.37. The maximum Gasteiger partial charge on any atom is 0.387 e. The molecule has 30 heavy (non-hydrogen) atoms. The van der Waals surface area contributed by atoms with Gasteiger partial charge in [-0.2, -0.15) is 8.78 Å². The Bertz CT molecular complexity index is 911. The summed E-state index contributed by atoms with van der Waals surface area (Å²) in [6.07, 6.45) is 0. The number of H-pyrrole nitrogens is 1. The molecule has 1 heterocycles. The highest BCUT2D eigenvalue weighted by Crippen LogP contribution is 2.30. The highest BCUT2D eigenvalue weighted by molar-refractivity contribution is 6.03. The van der Waals surface area contributed by atoms with Crippen molar-refractivity contribution in [2.75, 3.05) is 27.3 Å². The maximum atomic E-state index is 12.8. The van der Waals surface area contributed by atoms with Crippen LogP contribution in [0.2, 0.25) is 0 Å². The topological polar surface area (TPSA) is 80.9 Å². The number of aromatic nitrogens is 1. The lowest BCUT2D eigenvalue weighted by Crippen LogP contribution is -2.26. The van der Waals surface area contributed by atoms with Crippen LogP contribution in [-0.4, -0.2) is 55.6 Å². The Labute approximate surface area is 173 Å². The number of ketones is 1. The van der Waals surface area contributed by atoms with Gasteiger partial charge in [0.05, 0.1) is 20.3 Å². The van der Waals surface area contributed by atoms with Crippen LogP contribution < -0.4 is 9.47 Å². The van der Waals surface area contributed by atoms with Crippen LogP contribution in [0.3, 0.4) is 0 Å². The number of nitrogens with zero attached hydrogens (tertiary/aromatic N) is 1. The standard InChI is InChI=1S/C21H26F2N2O5/c1-6-29-20(27)19-12(2)18(13(3)24-19)15(26)11-25(4)10-14-7-8-16(30-21(22)23)17(9-14)28-5/h7-9,21,24H,6,10-11H2,1-5H3. The van der Waals surface area contributed by atoms with Gasteiger partial charge in [0.1, 0.15) is 5.69 Å². The third-order valence-corrected chi connectivity index (χ3v) is 4.51. The van der Waals surface area contributed by atoms with Gasteiger partial charge in [-0.15, -0.1) is 0 Å². The molecule has 0 atom stereocenters. The summed E-state index contributed by atoms with van der Waals surface area (Å²) < 4.78 is 39.4. The average Bonchev–Trinajstić information content (AvgIpc) is 2.97. The SMILES string of the molecule is CCOC(=O)c1[nH]c(C)c(C(=O)CN(C)Cc2ccc(OC(F)F)c(OC)c2)c1C. The lowest BCUT2D eigenvalue weighted by molar-refractivity contribution is -0.0512. The first-order chi connectivity index (χ1) is 14.2. The van der Waals surface area contributed by atoms with Crippen molar-refractivity contribution in [2.45, 2.75) is 33.9 Å². The Morgan fingerprint density at radius 1 is 1.20 bits per heavy atom. The largest absolute Gasteiger partial charge is 0.493 e. The predicted octanol–water partition coefficient (Wildman–Crippen LogP) is 3.73. The van der Waals surface area contributed by atoms with Gasteiger partial charge in [-0.05, 0) is 51.1 Å². The first-order valence-corrected chi connectivity index (χ1v) is 9.37. The summed E-state index contributed by atoms with van der Waals surface area (Å²) in [4.78, 5) is 29.6. The summed E-state index contributed by atoms with van der Waals surface area (Å²) in [5, 5.41) is 0. The number of aromatic amines is 1. The van der Waals surface area contributed by atoms with E-state index >= 15 is 0 Å². The molecule has 9 heteroatoms. The molecular formula is C21H26F2N2O5. The number of carbonyl (C=O) groups excluding carboxylic acids is 2. The molecule has 0 amide bonds. The first kappa shape index (κ1) is 23.3. The molecule has 7 nitrogen and oxygen atoms in total. The van der Waals surface area contributed by atoms with Crippen LogP contribution in [0, 0.1) is 13.8 Å². The molecule has 1 aromatic carbocycles. The van der Waals surface area contributed by atoms with E-state index in [1.54, 1.807) is 44.9 Å². The molecule has 164 valence electrons. The minimum Gasteiger partial charge on any atom is -0.493 e. The fourth-order valence-corrected chi connectivity index (χ4v) is 3.27. The van der Waals surface area contributed by atoms with E-state index in [0.29, 0.717) is 23.4 Å². The molecule has 1 aromatic heterocycles. The number of alkyl halides is 2. The molecule has 0 aliphatic rings. The van der Waals surface area contributed by atoms with Crippen LogP contribution in [0.5, 0.6) is 11.5 Å². The van der Waals surface area contributed by atoms with Gasteiger partial charge in [0.15, 0.2) is 17.3 Å². The quantitative estimate of drug-likeness (QED) is 0.462. The number of likely N-dealkylation sites (N-methyl/N-ethyl adjacent to an activating group) is 1. The predicted molar refractivity (Wildman–Crippen MR) is 107 cm³/mol. The van der Waals surface area contributed by atoms with E-state index in [2.05, 4.69) is 9.72 Å². The molecule has 0 radical (unpaired) electrons. The summed E-state index contributed by atoms with van der Waals surface area (Å²) >= 11 is 0. The van der Waals surface area contributed by atoms with Crippen LogP contribution in [0.25, 0.3) is 0 Å². The van der Waals surface area contributed by atoms with Gasteiger partial charge >= 0.3 is 12.6 Å². The van der Waals surface area contributed by atoms with Gasteiger partial charge in [0.2, 0.25) is 0 Å². The number of Topliss-reactive ketones (excluding diaryl/α,β-unsaturated/α-hetero) is 1. The van der Waals surface area contributed by atoms with Gasteiger partial charge in [0.25, 0.3) is 0 Å². The van der Waals surface area contributed by atoms with Crippen molar-refractivity contribution < 1.29 is 32.6 Å². The molecule has 0 saturated heterocycles. The third-order valence-electron chi connectivity index (χ3n) is 4.51. The summed E-state index contributed by atoms with van der Waals surface area (Å²) in [5.41, 5.74) is 2.66. The molecule has 0 spiro atoms. The van der Waals surface area contributed by atoms with Crippen LogP contribution in [-0.2, 0) is 11.3 Å². The van der Waals surface area contributed by atoms with E-state index in [0.717, 1.165) is 5.56 Å². The number of nitrogens with one attached hydrogen (secondary N) is 1. The van der Waals surface area contributed by atoms with Gasteiger partial charge in [0, 0.05) is 17.8 Å². The highest BCUT2D eigenvalue weighted by Gasteiger charge is 2.23. The fraction of sp³-hybridized carbons (Fsp3) is 0.429. The third kappa shape index (κ3) is 5.56. The second-order valence-corrected chi connectivity index (χ2v) is 6.80. The van der Waals surface area contributed by atoms with Crippen molar-refractivity contribution in [3.8, 4) is 11.5 Å². The number of hydrogen-bond donors (Lipinski definition) is 1. The minimum atomic E-state index is -2.95. The lowest BCUT2D eigenvalue weighted by Gasteiger charge is -2.17. The van der Waals surface area contributed by atoms with Crippen molar-refractivity contribution in [1.29, 1.82) is 0 Å². The Balaban J connectivity index is 2.11. The van der Waals surface area contributed by atoms with Gasteiger partial charge < -0.3 is 19.2 Å². The van der Waals surface area contributed by atoms with Crippen LogP contribution in [0.4, 0.5) is 8.78 Å². The van der Waals surface area contributed by atoms with E-state index in [-0.39, 0.29) is 36.1 Å². The molecule has 0 aliphatic carbocycles. The number of rotatable bonds is 10. The molecule has 0 fully saturated rings. The van der Waals surface area contributed by atoms with Crippen molar-refractivity contribution in [3.05, 3.63) is 46.3 Å². The van der Waals surface area contributed by atoms with Gasteiger partial charge in [-0.3, -0.25) is 9.69 Å². The molecule has 2 rings (SSSR count). The summed E-state index contributed by atoms with van der Waals surface area (Å²) in [6, 6.07) is 4.62. The zero-order chi connectivity index (χ0) is 22.4. The number of carbonyl (C=O) groups is 2. The zero-order valence-corrected chi connectivity index (χ0v) is 17.7.